The molecule has 0 fully saturated rings. The Labute approximate surface area is 110 Å². The third-order valence-corrected chi connectivity index (χ3v) is 2.02. The summed E-state index contributed by atoms with van der Waals surface area (Å²) in [7, 11) is 0. The van der Waals surface area contributed by atoms with Crippen LogP contribution in [0.15, 0.2) is 24.3 Å². The molecule has 19 heavy (non-hydrogen) atoms. The van der Waals surface area contributed by atoms with E-state index in [-0.39, 0.29) is 5.48 Å². The molecule has 0 heterocycles. The van der Waals surface area contributed by atoms with Gasteiger partial charge in [0.1, 0.15) is 6.04 Å². The molecule has 7 N–H and O–H groups in total. The van der Waals surface area contributed by atoms with Gasteiger partial charge in [0.25, 0.3) is 0 Å². The van der Waals surface area contributed by atoms with E-state index in [0.717, 1.165) is 5.56 Å². The molecule has 0 aliphatic carbocycles. The molecule has 7 nitrogen and oxygen atoms in total. The summed E-state index contributed by atoms with van der Waals surface area (Å²) in [6.45, 7) is 3.32. The maximum absolute atomic E-state index is 10.3. The molecule has 0 aromatic heterocycles. The molecule has 0 aliphatic heterocycles. The van der Waals surface area contributed by atoms with Crippen LogP contribution in [0.2, 0.25) is 0 Å². The maximum atomic E-state index is 10.3. The van der Waals surface area contributed by atoms with E-state index in [0.29, 0.717) is 5.56 Å². The van der Waals surface area contributed by atoms with E-state index in [1.807, 2.05) is 6.92 Å². The summed E-state index contributed by atoms with van der Waals surface area (Å²) in [4.78, 5) is 19.9. The Morgan fingerprint density at radius 1 is 1.11 bits per heavy atom. The monoisotopic (exact) mass is 273 g/mol. The first-order valence-electron chi connectivity index (χ1n) is 5.21. The zero-order valence-electron chi connectivity index (χ0n) is 10.7. The molecular formula is C12H19NO6. The van der Waals surface area contributed by atoms with Crippen LogP contribution in [0.4, 0.5) is 0 Å². The van der Waals surface area contributed by atoms with Gasteiger partial charge in [-0.05, 0) is 19.4 Å². The number of hydrogen-bond acceptors (Lipinski definition) is 4. The Hall–Kier alpha value is -1.96. The van der Waals surface area contributed by atoms with Crippen LogP contribution in [-0.2, 0) is 9.59 Å². The molecule has 1 aromatic carbocycles. The average Bonchev–Trinajstić information content (AvgIpc) is 2.29. The molecule has 0 saturated heterocycles. The third-order valence-electron chi connectivity index (χ3n) is 2.02. The number of rotatable bonds is 3. The molecule has 0 saturated carbocycles. The molecule has 0 aliphatic rings. The van der Waals surface area contributed by atoms with Crippen molar-refractivity contribution >= 4 is 11.9 Å². The van der Waals surface area contributed by atoms with Crippen molar-refractivity contribution in [2.45, 2.75) is 26.0 Å². The lowest BCUT2D eigenvalue weighted by Gasteiger charge is -2.04. The van der Waals surface area contributed by atoms with E-state index in [1.165, 1.54) is 6.92 Å². The molecule has 1 unspecified atom stereocenters. The average molecular weight is 273 g/mol. The predicted molar refractivity (Wildman–Crippen MR) is 68.7 cm³/mol. The summed E-state index contributed by atoms with van der Waals surface area (Å²) in [5.41, 5.74) is 6.28. The highest BCUT2D eigenvalue weighted by molar-refractivity contribution is 5.74. The highest BCUT2D eigenvalue weighted by Crippen LogP contribution is 2.13. The highest BCUT2D eigenvalue weighted by Gasteiger charge is 2.14. The Morgan fingerprint density at radius 2 is 1.47 bits per heavy atom. The van der Waals surface area contributed by atoms with Gasteiger partial charge in [-0.15, -0.1) is 0 Å². The fraction of sp³-hybridized carbons (Fsp3) is 0.333. The lowest BCUT2D eigenvalue weighted by molar-refractivity contribution is -0.147. The minimum Gasteiger partial charge on any atom is -0.480 e. The van der Waals surface area contributed by atoms with Crippen LogP contribution in [0.3, 0.4) is 0 Å². The summed E-state index contributed by atoms with van der Waals surface area (Å²) in [5.74, 6) is -2.19. The van der Waals surface area contributed by atoms with Crippen LogP contribution >= 0.6 is 0 Å². The fourth-order valence-electron chi connectivity index (χ4n) is 0.891. The molecule has 1 rings (SSSR count). The first kappa shape index (κ1) is 19.4. The van der Waals surface area contributed by atoms with Gasteiger partial charge in [0.15, 0.2) is 6.10 Å². The van der Waals surface area contributed by atoms with E-state index in [2.05, 4.69) is 0 Å². The number of aryl methyl sites for hydroxylation is 1. The minimum absolute atomic E-state index is 0. The summed E-state index contributed by atoms with van der Waals surface area (Å²) < 4.78 is 0. The number of benzene rings is 1. The van der Waals surface area contributed by atoms with Crippen LogP contribution < -0.4 is 5.73 Å². The second-order valence-electron chi connectivity index (χ2n) is 3.78. The van der Waals surface area contributed by atoms with E-state index >= 15 is 0 Å². The molecule has 0 radical (unpaired) electrons. The summed E-state index contributed by atoms with van der Waals surface area (Å²) in [6.07, 6.45) is -1.41. The first-order valence-corrected chi connectivity index (χ1v) is 5.21. The van der Waals surface area contributed by atoms with Gasteiger partial charge >= 0.3 is 11.9 Å². The van der Waals surface area contributed by atoms with Gasteiger partial charge in [0.2, 0.25) is 0 Å². The van der Waals surface area contributed by atoms with Gasteiger partial charge in [-0.25, -0.2) is 4.79 Å². The first-order chi connectivity index (χ1) is 8.25. The number of nitrogens with two attached hydrogens (primary N) is 1. The van der Waals surface area contributed by atoms with Crippen LogP contribution in [-0.4, -0.2) is 38.8 Å². The standard InChI is InChI=1S/C9H10O3.C3H7NO2.H2O/c1-6-2-4-7(5-3-6)8(10)9(11)12;1-2(4)3(5)6;/h2-5,8,10H,1H3,(H,11,12);2H,4H2,1H3,(H,5,6);1H2/t;2-;/m.1./s1. The van der Waals surface area contributed by atoms with Crippen molar-refractivity contribution in [1.29, 1.82) is 0 Å². The quantitative estimate of drug-likeness (QED) is 0.593. The lowest BCUT2D eigenvalue weighted by atomic mass is 10.1. The molecule has 108 valence electrons. The summed E-state index contributed by atoms with van der Waals surface area (Å²) >= 11 is 0. The van der Waals surface area contributed by atoms with Crippen LogP contribution in [0.1, 0.15) is 24.2 Å². The number of aliphatic carboxylic acids is 2. The van der Waals surface area contributed by atoms with Gasteiger partial charge in [0, 0.05) is 0 Å². The Morgan fingerprint density at radius 3 is 1.74 bits per heavy atom. The van der Waals surface area contributed by atoms with Crippen molar-refractivity contribution < 1.29 is 30.4 Å². The molecular weight excluding hydrogens is 254 g/mol. The number of carbonyl (C=O) groups is 2. The van der Waals surface area contributed by atoms with E-state index in [1.54, 1.807) is 24.3 Å². The van der Waals surface area contributed by atoms with E-state index in [9.17, 15) is 9.59 Å². The Kier molecular flexibility index (Phi) is 9.22. The zero-order chi connectivity index (χ0) is 14.3. The highest BCUT2D eigenvalue weighted by atomic mass is 16.4. The van der Waals surface area contributed by atoms with Crippen LogP contribution in [0.25, 0.3) is 0 Å². The Bertz CT molecular complexity index is 401. The topological polar surface area (TPSA) is 152 Å². The summed E-state index contributed by atoms with van der Waals surface area (Å²) in [5, 5.41) is 25.4. The van der Waals surface area contributed by atoms with Crippen molar-refractivity contribution in [3.63, 3.8) is 0 Å². The fourth-order valence-corrected chi connectivity index (χ4v) is 0.891. The normalized spacial score (nSPS) is 12.2. The second kappa shape index (κ2) is 9.03. The number of hydrogen-bond donors (Lipinski definition) is 4. The smallest absolute Gasteiger partial charge is 0.337 e. The van der Waals surface area contributed by atoms with Gasteiger partial charge in [0.05, 0.1) is 0 Å². The van der Waals surface area contributed by atoms with Gasteiger partial charge in [-0.2, -0.15) is 0 Å². The van der Waals surface area contributed by atoms with Crippen LogP contribution in [0, 0.1) is 6.92 Å². The van der Waals surface area contributed by atoms with E-state index < -0.39 is 24.1 Å². The maximum Gasteiger partial charge on any atom is 0.337 e. The predicted octanol–water partition coefficient (Wildman–Crippen LogP) is -0.293. The molecule has 0 bridgehead atoms. The third kappa shape index (κ3) is 7.87. The SMILES string of the molecule is C[C@@H](N)C(=O)O.Cc1ccc(C(O)C(=O)O)cc1.O. The number of carboxylic acid groups (broad SMARTS) is 2. The lowest BCUT2D eigenvalue weighted by Crippen LogP contribution is -2.25. The minimum atomic E-state index is -1.41. The van der Waals surface area contributed by atoms with Crippen molar-refractivity contribution in [1.82, 2.24) is 0 Å². The van der Waals surface area contributed by atoms with Crippen molar-refractivity contribution in [3.05, 3.63) is 35.4 Å². The van der Waals surface area contributed by atoms with Gasteiger partial charge in [-0.1, -0.05) is 29.8 Å². The molecule has 1 aromatic rings. The number of carboxylic acids is 2. The van der Waals surface area contributed by atoms with Crippen LogP contribution in [0.5, 0.6) is 0 Å². The number of aliphatic hydroxyl groups is 1. The van der Waals surface area contributed by atoms with Crippen molar-refractivity contribution in [3.8, 4) is 0 Å². The number of aliphatic hydroxyl groups excluding tert-OH is 1. The van der Waals surface area contributed by atoms with Crippen molar-refractivity contribution in [2.75, 3.05) is 0 Å². The van der Waals surface area contributed by atoms with E-state index in [4.69, 9.17) is 21.1 Å². The van der Waals surface area contributed by atoms with Crippen molar-refractivity contribution in [2.24, 2.45) is 5.73 Å². The van der Waals surface area contributed by atoms with Gasteiger partial charge < -0.3 is 26.5 Å². The summed E-state index contributed by atoms with van der Waals surface area (Å²) in [6, 6.07) is 6.01. The Balaban J connectivity index is 0. The molecule has 7 heteroatoms. The second-order valence-corrected chi connectivity index (χ2v) is 3.78. The molecule has 0 spiro atoms. The zero-order valence-corrected chi connectivity index (χ0v) is 10.7. The molecule has 0 amide bonds. The molecule has 2 atom stereocenters. The largest absolute Gasteiger partial charge is 0.480 e. The van der Waals surface area contributed by atoms with Gasteiger partial charge in [-0.3, -0.25) is 4.79 Å².